The van der Waals surface area contributed by atoms with Crippen LogP contribution in [0.2, 0.25) is 0 Å². The molecule has 114 valence electrons. The molecule has 0 spiro atoms. The van der Waals surface area contributed by atoms with Gasteiger partial charge in [0.25, 0.3) is 0 Å². The average molecular weight is 290 g/mol. The molecule has 0 unspecified atom stereocenters. The van der Waals surface area contributed by atoms with Crippen LogP contribution in [0.5, 0.6) is 11.5 Å². The van der Waals surface area contributed by atoms with Crippen molar-refractivity contribution in [3.05, 3.63) is 29.8 Å². The lowest BCUT2D eigenvalue weighted by Gasteiger charge is -2.23. The predicted molar refractivity (Wildman–Crippen MR) is 83.0 cm³/mol. The first-order chi connectivity index (χ1) is 10.0. The van der Waals surface area contributed by atoms with E-state index in [4.69, 9.17) is 4.74 Å². The van der Waals surface area contributed by atoms with E-state index < -0.39 is 0 Å². The van der Waals surface area contributed by atoms with E-state index in [9.17, 15) is 9.90 Å². The zero-order valence-corrected chi connectivity index (χ0v) is 12.6. The fraction of sp³-hybridized carbons (Fsp3) is 0.438. The molecular weight excluding hydrogens is 268 g/mol. The molecule has 0 fully saturated rings. The second-order valence-electron chi connectivity index (χ2n) is 5.44. The molecular formula is C16H22N2O3. The number of nitrogens with one attached hydrogen (secondary N) is 1. The third-order valence-electron chi connectivity index (χ3n) is 3.50. The van der Waals surface area contributed by atoms with Crippen molar-refractivity contribution in [1.82, 2.24) is 4.90 Å². The molecule has 1 amide bonds. The minimum Gasteiger partial charge on any atom is -0.507 e. The van der Waals surface area contributed by atoms with Crippen LogP contribution in [0.15, 0.2) is 18.7 Å². The number of rotatable bonds is 6. The fourth-order valence-electron chi connectivity index (χ4n) is 2.38. The summed E-state index contributed by atoms with van der Waals surface area (Å²) in [7, 11) is 3.98. The Morgan fingerprint density at radius 1 is 1.48 bits per heavy atom. The van der Waals surface area contributed by atoms with Crippen LogP contribution < -0.4 is 10.1 Å². The number of carbonyl (C=O) groups is 1. The quantitative estimate of drug-likeness (QED) is 0.786. The van der Waals surface area contributed by atoms with E-state index in [1.807, 2.05) is 20.2 Å². The first-order valence-electron chi connectivity index (χ1n) is 7.09. The Bertz CT molecular complexity index is 553. The second kappa shape index (κ2) is 6.63. The number of phenolic OH excluding ortho intramolecular Hbond substituents is 1. The number of phenols is 1. The number of hydrogen-bond donors (Lipinski definition) is 2. The molecule has 1 aliphatic heterocycles. The average Bonchev–Trinajstić information content (AvgIpc) is 2.45. The van der Waals surface area contributed by atoms with Crippen molar-refractivity contribution in [2.75, 3.05) is 32.6 Å². The van der Waals surface area contributed by atoms with Gasteiger partial charge in [0, 0.05) is 18.5 Å². The molecule has 0 radical (unpaired) electrons. The van der Waals surface area contributed by atoms with Crippen LogP contribution in [-0.2, 0) is 17.6 Å². The molecule has 0 aromatic heterocycles. The van der Waals surface area contributed by atoms with Crippen LogP contribution in [0.4, 0.5) is 5.69 Å². The summed E-state index contributed by atoms with van der Waals surface area (Å²) in [4.78, 5) is 13.6. The van der Waals surface area contributed by atoms with Gasteiger partial charge in [0.1, 0.15) is 18.1 Å². The van der Waals surface area contributed by atoms with Crippen LogP contribution in [-0.4, -0.2) is 43.2 Å². The molecule has 0 saturated carbocycles. The summed E-state index contributed by atoms with van der Waals surface area (Å²) in [5.41, 5.74) is 2.21. The number of ether oxygens (including phenoxy) is 1. The number of carbonyl (C=O) groups excluding carboxylic acids is 1. The maximum atomic E-state index is 11.6. The molecule has 21 heavy (non-hydrogen) atoms. The minimum absolute atomic E-state index is 0.0496. The topological polar surface area (TPSA) is 61.8 Å². The summed E-state index contributed by atoms with van der Waals surface area (Å²) in [6.07, 6.45) is 3.31. The molecule has 5 nitrogen and oxygen atoms in total. The van der Waals surface area contributed by atoms with Crippen LogP contribution in [0, 0.1) is 0 Å². The molecule has 1 aromatic carbocycles. The van der Waals surface area contributed by atoms with Crippen molar-refractivity contribution in [2.24, 2.45) is 0 Å². The van der Waals surface area contributed by atoms with Gasteiger partial charge in [-0.05, 0) is 38.6 Å². The van der Waals surface area contributed by atoms with Crippen molar-refractivity contribution in [3.8, 4) is 11.5 Å². The minimum atomic E-state index is -0.0496. The van der Waals surface area contributed by atoms with Crippen LogP contribution in [0.3, 0.4) is 0 Å². The highest BCUT2D eigenvalue weighted by molar-refractivity contribution is 5.96. The molecule has 0 saturated heterocycles. The third-order valence-corrected chi connectivity index (χ3v) is 3.50. The van der Waals surface area contributed by atoms with Gasteiger partial charge in [0.05, 0.1) is 5.69 Å². The number of fused-ring (bicyclic) bond motifs is 1. The van der Waals surface area contributed by atoms with Crippen molar-refractivity contribution in [3.63, 3.8) is 0 Å². The maximum Gasteiger partial charge on any atom is 0.224 e. The van der Waals surface area contributed by atoms with Crippen LogP contribution >= 0.6 is 0 Å². The summed E-state index contributed by atoms with van der Waals surface area (Å²) in [6.45, 7) is 4.83. The van der Waals surface area contributed by atoms with Gasteiger partial charge in [0.15, 0.2) is 0 Å². The van der Waals surface area contributed by atoms with Gasteiger partial charge >= 0.3 is 0 Å². The van der Waals surface area contributed by atoms with E-state index >= 15 is 0 Å². The zero-order chi connectivity index (χ0) is 15.4. The summed E-state index contributed by atoms with van der Waals surface area (Å²) in [5, 5.41) is 13.2. The fourth-order valence-corrected chi connectivity index (χ4v) is 2.38. The number of benzene rings is 1. The molecule has 5 heteroatoms. The molecule has 0 bridgehead atoms. The van der Waals surface area contributed by atoms with Gasteiger partial charge in [-0.2, -0.15) is 0 Å². The van der Waals surface area contributed by atoms with Crippen molar-refractivity contribution < 1.29 is 14.6 Å². The number of amides is 1. The number of aromatic hydroxyl groups is 1. The second-order valence-corrected chi connectivity index (χ2v) is 5.44. The van der Waals surface area contributed by atoms with E-state index in [0.717, 1.165) is 24.1 Å². The summed E-state index contributed by atoms with van der Waals surface area (Å²) >= 11 is 0. The van der Waals surface area contributed by atoms with Gasteiger partial charge in [-0.25, -0.2) is 0 Å². The highest BCUT2D eigenvalue weighted by Gasteiger charge is 2.24. The molecule has 0 aliphatic carbocycles. The summed E-state index contributed by atoms with van der Waals surface area (Å²) in [5.74, 6) is 0.828. The Morgan fingerprint density at radius 3 is 2.90 bits per heavy atom. The van der Waals surface area contributed by atoms with Crippen molar-refractivity contribution in [2.45, 2.75) is 19.3 Å². The zero-order valence-electron chi connectivity index (χ0n) is 12.6. The largest absolute Gasteiger partial charge is 0.507 e. The Balaban J connectivity index is 2.39. The lowest BCUT2D eigenvalue weighted by molar-refractivity contribution is -0.116. The van der Waals surface area contributed by atoms with E-state index in [2.05, 4.69) is 16.8 Å². The Hall–Kier alpha value is -2.01. The van der Waals surface area contributed by atoms with E-state index in [1.165, 1.54) is 0 Å². The van der Waals surface area contributed by atoms with Gasteiger partial charge in [-0.15, -0.1) is 0 Å². The molecule has 1 heterocycles. The van der Waals surface area contributed by atoms with Crippen molar-refractivity contribution in [1.29, 1.82) is 0 Å². The third kappa shape index (κ3) is 3.55. The lowest BCUT2D eigenvalue weighted by atomic mass is 9.96. The van der Waals surface area contributed by atoms with Gasteiger partial charge in [-0.1, -0.05) is 12.7 Å². The van der Waals surface area contributed by atoms with Crippen molar-refractivity contribution >= 4 is 11.6 Å². The molecule has 1 aromatic rings. The lowest BCUT2D eigenvalue weighted by Crippen LogP contribution is -2.21. The van der Waals surface area contributed by atoms with Gasteiger partial charge in [0.2, 0.25) is 5.91 Å². The summed E-state index contributed by atoms with van der Waals surface area (Å²) < 4.78 is 5.65. The monoisotopic (exact) mass is 290 g/mol. The number of likely N-dealkylation sites (N-methyl/N-ethyl adjacent to an activating group) is 1. The van der Waals surface area contributed by atoms with E-state index in [1.54, 1.807) is 6.08 Å². The van der Waals surface area contributed by atoms with Gasteiger partial charge < -0.3 is 20.1 Å². The predicted octanol–water partition coefficient (Wildman–Crippen LogP) is 1.95. The first kappa shape index (κ1) is 15.4. The molecule has 1 aliphatic rings. The number of nitrogens with zero attached hydrogens (tertiary/aromatic N) is 1. The normalized spacial score (nSPS) is 13.8. The Labute approximate surface area is 125 Å². The maximum absolute atomic E-state index is 11.6. The smallest absolute Gasteiger partial charge is 0.224 e. The SMILES string of the molecule is C=CCOc1cc(CCN(C)C)c(O)c2c1NC(=O)CC2. The number of anilines is 1. The molecule has 2 N–H and O–H groups in total. The van der Waals surface area contributed by atoms with E-state index in [0.29, 0.717) is 30.9 Å². The Morgan fingerprint density at radius 2 is 2.24 bits per heavy atom. The standard InChI is InChI=1S/C16H22N2O3/c1-4-9-21-13-10-11(7-8-18(2)3)16(20)12-5-6-14(19)17-15(12)13/h4,10,20H,1,5-9H2,2-3H3,(H,17,19). The molecule has 0 atom stereocenters. The number of hydrogen-bond acceptors (Lipinski definition) is 4. The van der Waals surface area contributed by atoms with Gasteiger partial charge in [-0.3, -0.25) is 4.79 Å². The molecule has 2 rings (SSSR count). The highest BCUT2D eigenvalue weighted by atomic mass is 16.5. The van der Waals surface area contributed by atoms with Crippen LogP contribution in [0.25, 0.3) is 0 Å². The van der Waals surface area contributed by atoms with Crippen LogP contribution in [0.1, 0.15) is 17.5 Å². The Kier molecular flexibility index (Phi) is 4.85. The highest BCUT2D eigenvalue weighted by Crippen LogP contribution is 2.41. The summed E-state index contributed by atoms with van der Waals surface area (Å²) in [6, 6.07) is 1.81. The van der Waals surface area contributed by atoms with E-state index in [-0.39, 0.29) is 11.7 Å². The first-order valence-corrected chi connectivity index (χ1v) is 7.09.